The first-order valence-corrected chi connectivity index (χ1v) is 8.67. The van der Waals surface area contributed by atoms with Crippen molar-refractivity contribution in [2.24, 2.45) is 0 Å². The van der Waals surface area contributed by atoms with E-state index in [1.807, 2.05) is 6.92 Å². The molecule has 0 spiro atoms. The maximum atomic E-state index is 14.3. The lowest BCUT2D eigenvalue weighted by molar-refractivity contribution is -0.141. The van der Waals surface area contributed by atoms with Gasteiger partial charge in [-0.1, -0.05) is 29.8 Å². The maximum absolute atomic E-state index is 14.3. The maximum Gasteiger partial charge on any atom is 0.433 e. The van der Waals surface area contributed by atoms with Crippen LogP contribution in [0.25, 0.3) is 33.8 Å². The zero-order chi connectivity index (χ0) is 20.6. The van der Waals surface area contributed by atoms with Gasteiger partial charge in [-0.2, -0.15) is 13.2 Å². The normalized spacial score (nSPS) is 11.6. The lowest BCUT2D eigenvalue weighted by Gasteiger charge is -2.11. The molecule has 0 aliphatic carbocycles. The molecule has 29 heavy (non-hydrogen) atoms. The average molecular weight is 398 g/mol. The molecule has 0 atom stereocenters. The molecule has 0 amide bonds. The van der Waals surface area contributed by atoms with Crippen molar-refractivity contribution in [2.45, 2.75) is 13.1 Å². The van der Waals surface area contributed by atoms with Crippen LogP contribution in [0.4, 0.5) is 17.6 Å². The van der Waals surface area contributed by atoms with Crippen molar-refractivity contribution in [3.63, 3.8) is 0 Å². The molecule has 0 saturated carbocycles. The summed E-state index contributed by atoms with van der Waals surface area (Å²) in [4.78, 5) is 7.97. The van der Waals surface area contributed by atoms with Gasteiger partial charge in [0, 0.05) is 16.7 Å². The summed E-state index contributed by atoms with van der Waals surface area (Å²) in [7, 11) is 0. The number of aromatic nitrogens is 2. The predicted molar refractivity (Wildman–Crippen MR) is 100 cm³/mol. The monoisotopic (exact) mass is 398 g/mol. The molecule has 0 N–H and O–H groups in total. The van der Waals surface area contributed by atoms with Gasteiger partial charge in [0.2, 0.25) is 0 Å². The van der Waals surface area contributed by atoms with Crippen LogP contribution in [-0.2, 0) is 6.18 Å². The number of alkyl halides is 3. The number of benzene rings is 2. The van der Waals surface area contributed by atoms with Gasteiger partial charge in [0.05, 0.1) is 18.2 Å². The predicted octanol–water partition coefficient (Wildman–Crippen LogP) is 6.54. The fraction of sp³-hybridized carbons (Fsp3) is 0.0909. The Morgan fingerprint density at radius 2 is 1.66 bits per heavy atom. The Labute approximate surface area is 163 Å². The third-order valence-electron chi connectivity index (χ3n) is 4.39. The lowest BCUT2D eigenvalue weighted by atomic mass is 10.0. The number of rotatable bonds is 3. The Morgan fingerprint density at radius 3 is 2.38 bits per heavy atom. The second-order valence-corrected chi connectivity index (χ2v) is 6.54. The largest absolute Gasteiger partial charge is 0.472 e. The van der Waals surface area contributed by atoms with Gasteiger partial charge >= 0.3 is 6.18 Å². The van der Waals surface area contributed by atoms with E-state index in [1.165, 1.54) is 24.7 Å². The topological polar surface area (TPSA) is 38.9 Å². The molecule has 0 unspecified atom stereocenters. The molecule has 4 rings (SSSR count). The molecule has 2 heterocycles. The first kappa shape index (κ1) is 18.9. The van der Waals surface area contributed by atoms with E-state index in [-0.39, 0.29) is 11.5 Å². The van der Waals surface area contributed by atoms with E-state index in [9.17, 15) is 17.6 Å². The SMILES string of the molecule is Cc1ccc(F)c(-c2cccc(-c3nc(-c4ccoc4)cc(C(F)(F)F)n3)c2)c1. The summed E-state index contributed by atoms with van der Waals surface area (Å²) in [6.45, 7) is 1.83. The highest BCUT2D eigenvalue weighted by atomic mass is 19.4. The number of halogens is 4. The quantitative estimate of drug-likeness (QED) is 0.368. The molecule has 146 valence electrons. The molecule has 0 saturated heterocycles. The Kier molecular flexibility index (Phi) is 4.66. The summed E-state index contributed by atoms with van der Waals surface area (Å²) in [6, 6.07) is 13.6. The third kappa shape index (κ3) is 3.89. The van der Waals surface area contributed by atoms with Crippen molar-refractivity contribution in [2.75, 3.05) is 0 Å². The first-order valence-electron chi connectivity index (χ1n) is 8.67. The Morgan fingerprint density at radius 1 is 0.862 bits per heavy atom. The van der Waals surface area contributed by atoms with E-state index in [4.69, 9.17) is 4.42 Å². The lowest BCUT2D eigenvalue weighted by Crippen LogP contribution is -2.10. The molecule has 0 aliphatic heterocycles. The van der Waals surface area contributed by atoms with E-state index >= 15 is 0 Å². The van der Waals surface area contributed by atoms with Gasteiger partial charge in [0.15, 0.2) is 5.82 Å². The van der Waals surface area contributed by atoms with Crippen molar-refractivity contribution in [3.8, 4) is 33.8 Å². The van der Waals surface area contributed by atoms with Crippen LogP contribution in [0.3, 0.4) is 0 Å². The summed E-state index contributed by atoms with van der Waals surface area (Å²) < 4.78 is 59.4. The molecule has 2 aromatic heterocycles. The summed E-state index contributed by atoms with van der Waals surface area (Å²) in [5, 5.41) is 0. The fourth-order valence-electron chi connectivity index (χ4n) is 2.97. The van der Waals surface area contributed by atoms with E-state index in [1.54, 1.807) is 36.4 Å². The Balaban J connectivity index is 1.87. The Hall–Kier alpha value is -3.48. The van der Waals surface area contributed by atoms with Crippen LogP contribution in [0.15, 0.2) is 71.5 Å². The second kappa shape index (κ2) is 7.16. The molecule has 0 fully saturated rings. The zero-order valence-corrected chi connectivity index (χ0v) is 15.2. The minimum absolute atomic E-state index is 0.0863. The fourth-order valence-corrected chi connectivity index (χ4v) is 2.97. The highest BCUT2D eigenvalue weighted by Gasteiger charge is 2.34. The molecule has 0 aliphatic rings. The van der Waals surface area contributed by atoms with Gasteiger partial charge in [-0.15, -0.1) is 0 Å². The summed E-state index contributed by atoms with van der Waals surface area (Å²) >= 11 is 0. The molecule has 3 nitrogen and oxygen atoms in total. The molecular formula is C22H14F4N2O. The summed E-state index contributed by atoms with van der Waals surface area (Å²) in [5.74, 6) is -0.525. The van der Waals surface area contributed by atoms with Gasteiger partial charge in [-0.25, -0.2) is 14.4 Å². The molecule has 0 radical (unpaired) electrons. The summed E-state index contributed by atoms with van der Waals surface area (Å²) in [6.07, 6.45) is -1.98. The average Bonchev–Trinajstić information content (AvgIpc) is 3.24. The number of furan rings is 1. The van der Waals surface area contributed by atoms with E-state index in [0.29, 0.717) is 22.3 Å². The van der Waals surface area contributed by atoms with Crippen LogP contribution in [0.1, 0.15) is 11.3 Å². The molecule has 0 bridgehead atoms. The number of hydrogen-bond donors (Lipinski definition) is 0. The van der Waals surface area contributed by atoms with Crippen LogP contribution >= 0.6 is 0 Å². The van der Waals surface area contributed by atoms with E-state index < -0.39 is 17.7 Å². The van der Waals surface area contributed by atoms with Gasteiger partial charge in [0.1, 0.15) is 11.5 Å². The van der Waals surface area contributed by atoms with Crippen molar-refractivity contribution in [1.29, 1.82) is 0 Å². The highest BCUT2D eigenvalue weighted by Crippen LogP contribution is 2.33. The number of nitrogens with zero attached hydrogens (tertiary/aromatic N) is 2. The molecule has 7 heteroatoms. The van der Waals surface area contributed by atoms with Crippen LogP contribution in [0, 0.1) is 12.7 Å². The standard InChI is InChI=1S/C22H14F4N2O/c1-13-5-6-18(23)17(9-13)14-3-2-4-15(10-14)21-27-19(16-7-8-29-12-16)11-20(28-21)22(24,25)26/h2-12H,1H3. The third-order valence-corrected chi connectivity index (χ3v) is 4.39. The highest BCUT2D eigenvalue weighted by molar-refractivity contribution is 5.72. The zero-order valence-electron chi connectivity index (χ0n) is 15.2. The molecular weight excluding hydrogens is 384 g/mol. The molecule has 4 aromatic rings. The minimum atomic E-state index is -4.64. The van der Waals surface area contributed by atoms with Crippen molar-refractivity contribution in [3.05, 3.63) is 84.2 Å². The second-order valence-electron chi connectivity index (χ2n) is 6.54. The van der Waals surface area contributed by atoms with Crippen LogP contribution in [-0.4, -0.2) is 9.97 Å². The smallest absolute Gasteiger partial charge is 0.433 e. The van der Waals surface area contributed by atoms with Crippen LogP contribution in [0.5, 0.6) is 0 Å². The number of hydrogen-bond acceptors (Lipinski definition) is 3. The van der Waals surface area contributed by atoms with Crippen molar-refractivity contribution >= 4 is 0 Å². The van der Waals surface area contributed by atoms with E-state index in [2.05, 4.69) is 9.97 Å². The van der Waals surface area contributed by atoms with Gasteiger partial charge in [-0.3, -0.25) is 0 Å². The first-order chi connectivity index (χ1) is 13.8. The minimum Gasteiger partial charge on any atom is -0.472 e. The number of aryl methyl sites for hydroxylation is 1. The van der Waals surface area contributed by atoms with Gasteiger partial charge in [0.25, 0.3) is 0 Å². The van der Waals surface area contributed by atoms with Crippen molar-refractivity contribution < 1.29 is 22.0 Å². The Bertz CT molecular complexity index is 1170. The van der Waals surface area contributed by atoms with Crippen LogP contribution < -0.4 is 0 Å². The summed E-state index contributed by atoms with van der Waals surface area (Å²) in [5.41, 5.74) is 1.51. The van der Waals surface area contributed by atoms with Crippen molar-refractivity contribution in [1.82, 2.24) is 9.97 Å². The van der Waals surface area contributed by atoms with E-state index in [0.717, 1.165) is 11.6 Å². The molecule has 2 aromatic carbocycles. The van der Waals surface area contributed by atoms with Gasteiger partial charge < -0.3 is 4.42 Å². The van der Waals surface area contributed by atoms with Crippen LogP contribution in [0.2, 0.25) is 0 Å². The van der Waals surface area contributed by atoms with Gasteiger partial charge in [-0.05, 0) is 42.8 Å².